The maximum absolute atomic E-state index is 13.4. The highest BCUT2D eigenvalue weighted by molar-refractivity contribution is 7.92. The highest BCUT2D eigenvalue weighted by Crippen LogP contribution is 2.37. The normalized spacial score (nSPS) is 18.8. The molecule has 1 atom stereocenters. The number of nitrogens with one attached hydrogen (secondary N) is 1. The Labute approximate surface area is 193 Å². The van der Waals surface area contributed by atoms with E-state index in [2.05, 4.69) is 9.82 Å². The second-order valence-electron chi connectivity index (χ2n) is 9.36. The number of sulfonamides is 1. The molecule has 1 unspecified atom stereocenters. The maximum Gasteiger partial charge on any atom is 0.248 e. The Morgan fingerprint density at radius 3 is 2.52 bits per heavy atom. The number of hydrogen-bond acceptors (Lipinski definition) is 6. The van der Waals surface area contributed by atoms with Crippen molar-refractivity contribution >= 4 is 32.4 Å². The van der Waals surface area contributed by atoms with E-state index < -0.39 is 16.1 Å². The van der Waals surface area contributed by atoms with E-state index in [0.717, 1.165) is 63.1 Å². The number of nitrogens with zero attached hydrogens (tertiary/aromatic N) is 2. The first-order valence-corrected chi connectivity index (χ1v) is 13.5. The van der Waals surface area contributed by atoms with E-state index in [1.807, 2.05) is 4.68 Å². The first kappa shape index (κ1) is 22.2. The van der Waals surface area contributed by atoms with Crippen LogP contribution < -0.4 is 4.72 Å². The van der Waals surface area contributed by atoms with Gasteiger partial charge in [-0.25, -0.2) is 8.42 Å². The Morgan fingerprint density at radius 2 is 1.82 bits per heavy atom. The number of aromatic nitrogens is 2. The summed E-state index contributed by atoms with van der Waals surface area (Å²) in [5.74, 6) is 0.399. The second-order valence-corrected chi connectivity index (χ2v) is 11.1. The topological polar surface area (TPSA) is 114 Å². The molecule has 8 nitrogen and oxygen atoms in total. The van der Waals surface area contributed by atoms with Gasteiger partial charge < -0.3 is 9.52 Å². The lowest BCUT2D eigenvalue weighted by atomic mass is 9.99. The molecule has 2 saturated carbocycles. The molecule has 2 aliphatic rings. The Hall–Kier alpha value is -2.65. The first-order valence-electron chi connectivity index (χ1n) is 11.6. The molecule has 2 aromatic heterocycles. The van der Waals surface area contributed by atoms with Gasteiger partial charge in [-0.2, -0.15) is 5.10 Å². The highest BCUT2D eigenvalue weighted by Gasteiger charge is 2.30. The van der Waals surface area contributed by atoms with Crippen LogP contribution >= 0.6 is 0 Å². The molecule has 176 valence electrons. The highest BCUT2D eigenvalue weighted by atomic mass is 32.2. The molecule has 0 amide bonds. The summed E-state index contributed by atoms with van der Waals surface area (Å²) in [7, 11) is -3.43. The number of aliphatic hydroxyl groups is 1. The van der Waals surface area contributed by atoms with Crippen LogP contribution in [0.25, 0.3) is 10.9 Å². The largest absolute Gasteiger partial charge is 0.455 e. The van der Waals surface area contributed by atoms with Crippen molar-refractivity contribution < 1.29 is 22.7 Å². The van der Waals surface area contributed by atoms with Crippen molar-refractivity contribution in [2.24, 2.45) is 5.92 Å². The van der Waals surface area contributed by atoms with Crippen LogP contribution in [0.5, 0.6) is 0 Å². The molecule has 5 rings (SSSR count). The zero-order valence-electron chi connectivity index (χ0n) is 18.7. The van der Waals surface area contributed by atoms with Crippen molar-refractivity contribution in [1.82, 2.24) is 9.78 Å². The van der Waals surface area contributed by atoms with E-state index in [1.165, 1.54) is 0 Å². The lowest BCUT2D eigenvalue weighted by Gasteiger charge is -2.14. The van der Waals surface area contributed by atoms with E-state index >= 15 is 0 Å². The maximum atomic E-state index is 13.4. The molecular formula is C24H29N3O5S. The minimum atomic E-state index is -3.43. The van der Waals surface area contributed by atoms with Gasteiger partial charge in [-0.05, 0) is 61.9 Å². The van der Waals surface area contributed by atoms with Gasteiger partial charge in [0, 0.05) is 5.39 Å². The SMILES string of the molecule is CS(=O)(=O)Nc1ccc2c(C(=O)c3ccc(C(O)C4CCCC4)o3)nn(C3CCCC3)c2c1. The summed E-state index contributed by atoms with van der Waals surface area (Å²) in [5, 5.41) is 16.0. The zero-order valence-corrected chi connectivity index (χ0v) is 19.5. The average molecular weight is 472 g/mol. The summed E-state index contributed by atoms with van der Waals surface area (Å²) in [5.41, 5.74) is 1.43. The van der Waals surface area contributed by atoms with Crippen molar-refractivity contribution in [1.29, 1.82) is 0 Å². The summed E-state index contributed by atoms with van der Waals surface area (Å²) in [6.45, 7) is 0. The van der Waals surface area contributed by atoms with Crippen LogP contribution in [0.4, 0.5) is 5.69 Å². The predicted molar refractivity (Wildman–Crippen MR) is 125 cm³/mol. The van der Waals surface area contributed by atoms with Crippen molar-refractivity contribution in [2.45, 2.75) is 63.5 Å². The van der Waals surface area contributed by atoms with Crippen LogP contribution in [0, 0.1) is 5.92 Å². The fourth-order valence-corrected chi connectivity index (χ4v) is 5.82. The van der Waals surface area contributed by atoms with E-state index in [-0.39, 0.29) is 29.2 Å². The van der Waals surface area contributed by atoms with Crippen LogP contribution in [0.1, 0.15) is 85.5 Å². The minimum absolute atomic E-state index is 0.151. The number of anilines is 1. The molecule has 2 aliphatic carbocycles. The Bertz CT molecular complexity index is 1280. The molecule has 33 heavy (non-hydrogen) atoms. The molecule has 0 bridgehead atoms. The predicted octanol–water partition coefficient (Wildman–Crippen LogP) is 4.57. The molecule has 2 fully saturated rings. The Balaban J connectivity index is 1.51. The third-order valence-corrected chi connectivity index (χ3v) is 7.49. The molecule has 0 saturated heterocycles. The van der Waals surface area contributed by atoms with E-state index in [0.29, 0.717) is 16.8 Å². The number of benzene rings is 1. The van der Waals surface area contributed by atoms with Crippen molar-refractivity contribution in [3.05, 3.63) is 47.5 Å². The lowest BCUT2D eigenvalue weighted by molar-refractivity contribution is 0.0844. The zero-order chi connectivity index (χ0) is 23.2. The number of furan rings is 1. The van der Waals surface area contributed by atoms with Gasteiger partial charge in [-0.1, -0.05) is 25.7 Å². The van der Waals surface area contributed by atoms with Crippen LogP contribution in [-0.4, -0.2) is 35.3 Å². The molecular weight excluding hydrogens is 442 g/mol. The number of aliphatic hydroxyl groups excluding tert-OH is 1. The number of ketones is 1. The van der Waals surface area contributed by atoms with Gasteiger partial charge in [0.1, 0.15) is 17.6 Å². The third kappa shape index (κ3) is 4.44. The molecule has 2 N–H and O–H groups in total. The number of rotatable bonds is 7. The van der Waals surface area contributed by atoms with Gasteiger partial charge >= 0.3 is 0 Å². The van der Waals surface area contributed by atoms with Gasteiger partial charge in [0.05, 0.1) is 23.5 Å². The first-order chi connectivity index (χ1) is 15.8. The molecule has 3 aromatic rings. The molecule has 0 spiro atoms. The summed E-state index contributed by atoms with van der Waals surface area (Å²) in [6.07, 6.45) is 8.66. The third-order valence-electron chi connectivity index (χ3n) is 6.88. The number of fused-ring (bicyclic) bond motifs is 1. The van der Waals surface area contributed by atoms with Gasteiger partial charge in [-0.3, -0.25) is 14.2 Å². The summed E-state index contributed by atoms with van der Waals surface area (Å²) < 4.78 is 33.6. The summed E-state index contributed by atoms with van der Waals surface area (Å²) in [6, 6.07) is 8.55. The van der Waals surface area contributed by atoms with Crippen molar-refractivity contribution in [2.75, 3.05) is 11.0 Å². The van der Waals surface area contributed by atoms with E-state index in [1.54, 1.807) is 30.3 Å². The van der Waals surface area contributed by atoms with E-state index in [9.17, 15) is 18.3 Å². The second kappa shape index (κ2) is 8.61. The van der Waals surface area contributed by atoms with Gasteiger partial charge in [0.15, 0.2) is 5.76 Å². The molecule has 0 radical (unpaired) electrons. The monoisotopic (exact) mass is 471 g/mol. The van der Waals surface area contributed by atoms with E-state index in [4.69, 9.17) is 4.42 Å². The fraction of sp³-hybridized carbons (Fsp3) is 0.500. The van der Waals surface area contributed by atoms with Crippen LogP contribution in [0.3, 0.4) is 0 Å². The lowest BCUT2D eigenvalue weighted by Crippen LogP contribution is -2.10. The Kier molecular flexibility index (Phi) is 5.78. The van der Waals surface area contributed by atoms with Crippen LogP contribution in [-0.2, 0) is 10.0 Å². The molecule has 9 heteroatoms. The van der Waals surface area contributed by atoms with Crippen molar-refractivity contribution in [3.8, 4) is 0 Å². The average Bonchev–Trinajstić information content (AvgIpc) is 3.58. The quantitative estimate of drug-likeness (QED) is 0.488. The molecule has 1 aromatic carbocycles. The van der Waals surface area contributed by atoms with Gasteiger partial charge in [-0.15, -0.1) is 0 Å². The van der Waals surface area contributed by atoms with Crippen LogP contribution in [0.2, 0.25) is 0 Å². The van der Waals surface area contributed by atoms with Crippen LogP contribution in [0.15, 0.2) is 34.7 Å². The minimum Gasteiger partial charge on any atom is -0.455 e. The van der Waals surface area contributed by atoms with Crippen molar-refractivity contribution in [3.63, 3.8) is 0 Å². The summed E-state index contributed by atoms with van der Waals surface area (Å²) in [4.78, 5) is 13.4. The summed E-state index contributed by atoms with van der Waals surface area (Å²) >= 11 is 0. The smallest absolute Gasteiger partial charge is 0.248 e. The van der Waals surface area contributed by atoms with Gasteiger partial charge in [0.2, 0.25) is 15.8 Å². The number of carbonyl (C=O) groups excluding carboxylic acids is 1. The Morgan fingerprint density at radius 1 is 1.12 bits per heavy atom. The fourth-order valence-electron chi connectivity index (χ4n) is 5.27. The number of hydrogen-bond donors (Lipinski definition) is 2. The standard InChI is InChI=1S/C24H29N3O5S/c1-33(30,31)26-16-10-11-18-19(14-16)27(17-8-4-5-9-17)25-22(18)24(29)21-13-12-20(32-21)23(28)15-6-2-3-7-15/h10-15,17,23,26,28H,2-9H2,1H3. The van der Waals surface area contributed by atoms with Gasteiger partial charge in [0.25, 0.3) is 0 Å². The number of carbonyl (C=O) groups is 1. The molecule has 2 heterocycles. The molecule has 0 aliphatic heterocycles.